The molecule has 96 valence electrons. The summed E-state index contributed by atoms with van der Waals surface area (Å²) in [6, 6.07) is 0. The molecule has 0 heterocycles. The lowest BCUT2D eigenvalue weighted by molar-refractivity contribution is -0.146. The fourth-order valence-electron chi connectivity index (χ4n) is 1.44. The quantitative estimate of drug-likeness (QED) is 0.739. The smallest absolute Gasteiger partial charge is 0.309 e. The molecule has 0 saturated carbocycles. The van der Waals surface area contributed by atoms with Crippen molar-refractivity contribution in [2.24, 2.45) is 11.8 Å². The Bertz CT molecular complexity index is 226. The first-order chi connectivity index (χ1) is 7.13. The van der Waals surface area contributed by atoms with Crippen LogP contribution in [0.3, 0.4) is 0 Å². The van der Waals surface area contributed by atoms with Gasteiger partial charge in [0.05, 0.1) is 12.0 Å². The Morgan fingerprint density at radius 3 is 2.12 bits per heavy atom. The van der Waals surface area contributed by atoms with Gasteiger partial charge in [-0.1, -0.05) is 48.7 Å². The van der Waals surface area contributed by atoms with Gasteiger partial charge in [0, 0.05) is 0 Å². The Kier molecular flexibility index (Phi) is 7.03. The number of carbonyl (C=O) groups is 1. The van der Waals surface area contributed by atoms with Crippen LogP contribution in [0.25, 0.3) is 0 Å². The topological polar surface area (TPSA) is 57.5 Å². The highest BCUT2D eigenvalue weighted by Gasteiger charge is 2.30. The summed E-state index contributed by atoms with van der Waals surface area (Å²) in [5, 5.41) is 18.7. The highest BCUT2D eigenvalue weighted by Crippen LogP contribution is 2.33. The van der Waals surface area contributed by atoms with Crippen molar-refractivity contribution in [3.8, 4) is 0 Å². The first-order valence-corrected chi connectivity index (χ1v) is 6.24. The summed E-state index contributed by atoms with van der Waals surface area (Å²) in [5.41, 5.74) is 0. The van der Waals surface area contributed by atoms with E-state index in [4.69, 9.17) is 39.9 Å². The van der Waals surface area contributed by atoms with Crippen LogP contribution >= 0.6 is 34.8 Å². The van der Waals surface area contributed by atoms with Gasteiger partial charge in [0.15, 0.2) is 3.79 Å². The molecule has 2 atom stereocenters. The minimum atomic E-state index is -1.44. The van der Waals surface area contributed by atoms with Crippen molar-refractivity contribution >= 4 is 40.8 Å². The van der Waals surface area contributed by atoms with E-state index >= 15 is 0 Å². The van der Waals surface area contributed by atoms with E-state index in [1.165, 1.54) is 0 Å². The zero-order valence-electron chi connectivity index (χ0n) is 9.29. The third-order valence-electron chi connectivity index (χ3n) is 2.23. The molecule has 0 unspecified atom stereocenters. The molecule has 0 aliphatic heterocycles. The SMILES string of the molecule is CC(C)C[C@@H](C(=O)O)[C@@H](O)CCC(Cl)(Cl)Cl. The molecule has 0 amide bonds. The summed E-state index contributed by atoms with van der Waals surface area (Å²) >= 11 is 16.6. The number of aliphatic hydroxyl groups is 1. The second-order valence-electron chi connectivity index (χ2n) is 4.30. The summed E-state index contributed by atoms with van der Waals surface area (Å²) in [7, 11) is 0. The van der Waals surface area contributed by atoms with Crippen molar-refractivity contribution in [1.29, 1.82) is 0 Å². The molecule has 0 aromatic carbocycles. The first-order valence-electron chi connectivity index (χ1n) is 5.11. The van der Waals surface area contributed by atoms with Crippen LogP contribution in [0.4, 0.5) is 0 Å². The van der Waals surface area contributed by atoms with E-state index < -0.39 is 21.8 Å². The number of hydrogen-bond donors (Lipinski definition) is 2. The normalized spacial score (nSPS) is 16.2. The van der Waals surface area contributed by atoms with Gasteiger partial charge in [-0.15, -0.1) is 0 Å². The summed E-state index contributed by atoms with van der Waals surface area (Å²) in [6.07, 6.45) is -0.257. The van der Waals surface area contributed by atoms with Gasteiger partial charge in [-0.2, -0.15) is 0 Å². The Hall–Kier alpha value is 0.300. The van der Waals surface area contributed by atoms with Gasteiger partial charge in [-0.3, -0.25) is 4.79 Å². The summed E-state index contributed by atoms with van der Waals surface area (Å²) in [5.74, 6) is -1.61. The first kappa shape index (κ1) is 16.3. The van der Waals surface area contributed by atoms with Crippen LogP contribution in [0.5, 0.6) is 0 Å². The molecule has 6 heteroatoms. The van der Waals surface area contributed by atoms with Crippen LogP contribution in [0.15, 0.2) is 0 Å². The highest BCUT2D eigenvalue weighted by molar-refractivity contribution is 6.67. The molecule has 0 aliphatic carbocycles. The average molecular weight is 292 g/mol. The van der Waals surface area contributed by atoms with Gasteiger partial charge in [-0.25, -0.2) is 0 Å². The minimum absolute atomic E-state index is 0.140. The number of rotatable bonds is 6. The number of hydrogen-bond acceptors (Lipinski definition) is 2. The maximum atomic E-state index is 10.9. The van der Waals surface area contributed by atoms with E-state index in [-0.39, 0.29) is 18.8 Å². The van der Waals surface area contributed by atoms with E-state index in [1.54, 1.807) is 0 Å². The molecule has 3 nitrogen and oxygen atoms in total. The zero-order chi connectivity index (χ0) is 12.9. The Balaban J connectivity index is 4.28. The monoisotopic (exact) mass is 290 g/mol. The predicted octanol–water partition coefficient (Wildman–Crippen LogP) is 3.24. The van der Waals surface area contributed by atoms with Crippen molar-refractivity contribution in [2.75, 3.05) is 0 Å². The molecule has 0 rings (SSSR count). The second-order valence-corrected chi connectivity index (χ2v) is 6.81. The lowest BCUT2D eigenvalue weighted by Crippen LogP contribution is -2.30. The fourth-order valence-corrected chi connectivity index (χ4v) is 1.77. The van der Waals surface area contributed by atoms with Gasteiger partial charge in [0.2, 0.25) is 0 Å². The standard InChI is InChI=1S/C10H17Cl3O3/c1-6(2)5-7(9(15)16)8(14)3-4-10(11,12)13/h6-8,14H,3-5H2,1-2H3,(H,15,16)/t7-,8+/m1/s1. The van der Waals surface area contributed by atoms with Gasteiger partial charge in [0.1, 0.15) is 0 Å². The average Bonchev–Trinajstić information content (AvgIpc) is 2.08. The second kappa shape index (κ2) is 6.90. The van der Waals surface area contributed by atoms with Crippen molar-refractivity contribution in [2.45, 2.75) is 43.0 Å². The molecule has 0 spiro atoms. The molecule has 0 saturated heterocycles. The summed E-state index contributed by atoms with van der Waals surface area (Å²) < 4.78 is -1.44. The molecule has 2 N–H and O–H groups in total. The third kappa shape index (κ3) is 7.55. The number of aliphatic carboxylic acids is 1. The van der Waals surface area contributed by atoms with Crippen LogP contribution in [0, 0.1) is 11.8 Å². The molecule has 0 aromatic heterocycles. The van der Waals surface area contributed by atoms with E-state index in [0.717, 1.165) is 0 Å². The third-order valence-corrected chi connectivity index (χ3v) is 2.80. The van der Waals surface area contributed by atoms with Gasteiger partial charge < -0.3 is 10.2 Å². The predicted molar refractivity (Wildman–Crippen MR) is 66.1 cm³/mol. The largest absolute Gasteiger partial charge is 0.481 e. The Morgan fingerprint density at radius 2 is 1.81 bits per heavy atom. The molecule has 0 fully saturated rings. The maximum absolute atomic E-state index is 10.9. The summed E-state index contributed by atoms with van der Waals surface area (Å²) in [4.78, 5) is 10.9. The van der Waals surface area contributed by atoms with Crippen molar-refractivity contribution < 1.29 is 15.0 Å². The van der Waals surface area contributed by atoms with Gasteiger partial charge in [-0.05, 0) is 25.2 Å². The van der Waals surface area contributed by atoms with Crippen molar-refractivity contribution in [3.63, 3.8) is 0 Å². The number of aliphatic hydroxyl groups excluding tert-OH is 1. The van der Waals surface area contributed by atoms with Crippen molar-refractivity contribution in [3.05, 3.63) is 0 Å². The van der Waals surface area contributed by atoms with Crippen LogP contribution in [-0.4, -0.2) is 26.1 Å². The van der Waals surface area contributed by atoms with E-state index in [0.29, 0.717) is 6.42 Å². The lowest BCUT2D eigenvalue weighted by Gasteiger charge is -2.22. The number of carboxylic acid groups (broad SMARTS) is 1. The molecular formula is C10H17Cl3O3. The zero-order valence-corrected chi connectivity index (χ0v) is 11.6. The van der Waals surface area contributed by atoms with Gasteiger partial charge >= 0.3 is 5.97 Å². The maximum Gasteiger partial charge on any atom is 0.309 e. The van der Waals surface area contributed by atoms with Crippen LogP contribution in [0.2, 0.25) is 0 Å². The molecule has 0 bridgehead atoms. The van der Waals surface area contributed by atoms with Crippen molar-refractivity contribution in [1.82, 2.24) is 0 Å². The molecular weight excluding hydrogens is 274 g/mol. The van der Waals surface area contributed by atoms with E-state index in [9.17, 15) is 9.90 Å². The van der Waals surface area contributed by atoms with Crippen LogP contribution in [-0.2, 0) is 4.79 Å². The molecule has 0 aliphatic rings. The number of alkyl halides is 3. The van der Waals surface area contributed by atoms with E-state index in [2.05, 4.69) is 0 Å². The molecule has 0 aromatic rings. The Morgan fingerprint density at radius 1 is 1.31 bits per heavy atom. The molecule has 0 radical (unpaired) electrons. The highest BCUT2D eigenvalue weighted by atomic mass is 35.6. The lowest BCUT2D eigenvalue weighted by atomic mass is 9.90. The summed E-state index contributed by atoms with van der Waals surface area (Å²) in [6.45, 7) is 3.80. The van der Waals surface area contributed by atoms with E-state index in [1.807, 2.05) is 13.8 Å². The molecule has 16 heavy (non-hydrogen) atoms. The minimum Gasteiger partial charge on any atom is -0.481 e. The van der Waals surface area contributed by atoms with Crippen LogP contribution < -0.4 is 0 Å². The van der Waals surface area contributed by atoms with Gasteiger partial charge in [0.25, 0.3) is 0 Å². The Labute approximate surface area is 111 Å². The number of carboxylic acids is 1. The number of halogens is 3. The fraction of sp³-hybridized carbons (Fsp3) is 0.900. The van der Waals surface area contributed by atoms with Crippen LogP contribution in [0.1, 0.15) is 33.1 Å².